The summed E-state index contributed by atoms with van der Waals surface area (Å²) in [5, 5.41) is 3.37. The Morgan fingerprint density at radius 2 is 1.95 bits per heavy atom. The van der Waals surface area contributed by atoms with Crippen molar-refractivity contribution in [2.24, 2.45) is 11.8 Å². The summed E-state index contributed by atoms with van der Waals surface area (Å²) >= 11 is 0. The van der Waals surface area contributed by atoms with Gasteiger partial charge < -0.3 is 10.1 Å². The third kappa shape index (κ3) is 3.78. The Bertz CT molecular complexity index is 437. The second-order valence-electron chi connectivity index (χ2n) is 6.45. The van der Waals surface area contributed by atoms with Gasteiger partial charge in [-0.25, -0.2) is 0 Å². The Balaban J connectivity index is 1.45. The van der Waals surface area contributed by atoms with Gasteiger partial charge in [-0.1, -0.05) is 31.5 Å². The molecule has 1 N–H and O–H groups in total. The first-order valence-corrected chi connectivity index (χ1v) is 8.50. The maximum Gasteiger partial charge on any atom is 0.123 e. The second-order valence-corrected chi connectivity index (χ2v) is 6.45. The highest BCUT2D eigenvalue weighted by atomic mass is 16.5. The van der Waals surface area contributed by atoms with Crippen molar-refractivity contribution < 1.29 is 4.74 Å². The number of nitrogens with zero attached hydrogens (tertiary/aromatic N) is 1. The zero-order valence-corrected chi connectivity index (χ0v) is 13.2. The van der Waals surface area contributed by atoms with Gasteiger partial charge in [0.2, 0.25) is 0 Å². The van der Waals surface area contributed by atoms with E-state index in [1.165, 1.54) is 37.9 Å². The molecule has 0 aromatic heterocycles. The standard InChI is InChI=1S/C18H28N2O/c1-2-19-12-15-6-3-4-9-18(15)21-11-10-20-13-16-7-5-8-17(16)14-20/h3-4,6,9,16-17,19H,2,5,7-8,10-14H2,1H3. The van der Waals surface area contributed by atoms with Crippen LogP contribution in [0.4, 0.5) is 0 Å². The lowest BCUT2D eigenvalue weighted by Gasteiger charge is -2.18. The molecule has 0 amide bonds. The summed E-state index contributed by atoms with van der Waals surface area (Å²) in [6.45, 7) is 8.49. The van der Waals surface area contributed by atoms with Gasteiger partial charge in [0.1, 0.15) is 12.4 Å². The lowest BCUT2D eigenvalue weighted by Crippen LogP contribution is -2.27. The van der Waals surface area contributed by atoms with Crippen LogP contribution >= 0.6 is 0 Å². The monoisotopic (exact) mass is 288 g/mol. The maximum atomic E-state index is 6.04. The highest BCUT2D eigenvalue weighted by Gasteiger charge is 2.35. The molecule has 1 aliphatic heterocycles. The van der Waals surface area contributed by atoms with E-state index in [1.54, 1.807) is 0 Å². The first-order chi connectivity index (χ1) is 10.4. The molecule has 1 aliphatic carbocycles. The van der Waals surface area contributed by atoms with Gasteiger partial charge in [-0.15, -0.1) is 0 Å². The minimum absolute atomic E-state index is 0.808. The molecule has 3 rings (SSSR count). The molecule has 116 valence electrons. The molecule has 1 heterocycles. The van der Waals surface area contributed by atoms with E-state index in [4.69, 9.17) is 4.74 Å². The van der Waals surface area contributed by atoms with Gasteiger partial charge in [-0.2, -0.15) is 0 Å². The van der Waals surface area contributed by atoms with E-state index in [1.807, 2.05) is 0 Å². The maximum absolute atomic E-state index is 6.04. The van der Waals surface area contributed by atoms with E-state index in [2.05, 4.69) is 41.4 Å². The summed E-state index contributed by atoms with van der Waals surface area (Å²) < 4.78 is 6.04. The minimum atomic E-state index is 0.808. The van der Waals surface area contributed by atoms with Gasteiger partial charge in [0.25, 0.3) is 0 Å². The summed E-state index contributed by atoms with van der Waals surface area (Å²) in [4.78, 5) is 2.60. The smallest absolute Gasteiger partial charge is 0.123 e. The van der Waals surface area contributed by atoms with Crippen LogP contribution in [0.25, 0.3) is 0 Å². The Morgan fingerprint density at radius 1 is 1.19 bits per heavy atom. The number of likely N-dealkylation sites (tertiary alicyclic amines) is 1. The first kappa shape index (κ1) is 14.9. The number of hydrogen-bond acceptors (Lipinski definition) is 3. The number of hydrogen-bond donors (Lipinski definition) is 1. The predicted molar refractivity (Wildman–Crippen MR) is 86.6 cm³/mol. The number of para-hydroxylation sites is 1. The van der Waals surface area contributed by atoms with Crippen LogP contribution in [0, 0.1) is 11.8 Å². The highest BCUT2D eigenvalue weighted by molar-refractivity contribution is 5.33. The fourth-order valence-corrected chi connectivity index (χ4v) is 3.85. The molecule has 1 saturated carbocycles. The molecule has 0 bridgehead atoms. The van der Waals surface area contributed by atoms with Crippen LogP contribution in [0.1, 0.15) is 31.7 Å². The van der Waals surface area contributed by atoms with E-state index >= 15 is 0 Å². The van der Waals surface area contributed by atoms with Gasteiger partial charge in [0, 0.05) is 31.7 Å². The fraction of sp³-hybridized carbons (Fsp3) is 0.667. The topological polar surface area (TPSA) is 24.5 Å². The fourth-order valence-electron chi connectivity index (χ4n) is 3.85. The molecule has 2 unspecified atom stereocenters. The van der Waals surface area contributed by atoms with E-state index in [9.17, 15) is 0 Å². The summed E-state index contributed by atoms with van der Waals surface area (Å²) in [6.07, 6.45) is 4.36. The Morgan fingerprint density at radius 3 is 2.71 bits per heavy atom. The highest BCUT2D eigenvalue weighted by Crippen LogP contribution is 2.37. The molecule has 0 radical (unpaired) electrons. The third-order valence-electron chi connectivity index (χ3n) is 5.01. The van der Waals surface area contributed by atoms with Crippen LogP contribution in [-0.4, -0.2) is 37.7 Å². The number of rotatable bonds is 7. The van der Waals surface area contributed by atoms with Crippen LogP contribution in [-0.2, 0) is 6.54 Å². The molecular formula is C18H28N2O. The quantitative estimate of drug-likeness (QED) is 0.835. The Labute approximate surface area is 128 Å². The molecule has 21 heavy (non-hydrogen) atoms. The zero-order valence-electron chi connectivity index (χ0n) is 13.2. The van der Waals surface area contributed by atoms with Crippen LogP contribution in [0.15, 0.2) is 24.3 Å². The lowest BCUT2D eigenvalue weighted by molar-refractivity contribution is 0.226. The molecule has 1 saturated heterocycles. The molecule has 1 aromatic carbocycles. The van der Waals surface area contributed by atoms with Crippen LogP contribution in [0.5, 0.6) is 5.75 Å². The molecule has 2 atom stereocenters. The SMILES string of the molecule is CCNCc1ccccc1OCCN1CC2CCCC2C1. The summed E-state index contributed by atoms with van der Waals surface area (Å²) in [6, 6.07) is 8.38. The average Bonchev–Trinajstić information content (AvgIpc) is 3.07. The van der Waals surface area contributed by atoms with Crippen molar-refractivity contribution in [2.75, 3.05) is 32.8 Å². The van der Waals surface area contributed by atoms with Gasteiger partial charge in [0.05, 0.1) is 0 Å². The van der Waals surface area contributed by atoms with Crippen molar-refractivity contribution in [3.05, 3.63) is 29.8 Å². The van der Waals surface area contributed by atoms with E-state index in [0.29, 0.717) is 0 Å². The Kier molecular flexibility index (Phi) is 5.15. The van der Waals surface area contributed by atoms with Gasteiger partial charge >= 0.3 is 0 Å². The molecule has 3 nitrogen and oxygen atoms in total. The predicted octanol–water partition coefficient (Wildman–Crippen LogP) is 2.91. The summed E-state index contributed by atoms with van der Waals surface area (Å²) in [7, 11) is 0. The summed E-state index contributed by atoms with van der Waals surface area (Å²) in [5.74, 6) is 3.00. The lowest BCUT2D eigenvalue weighted by atomic mass is 10.0. The number of benzene rings is 1. The van der Waals surface area contributed by atoms with E-state index in [0.717, 1.165) is 43.8 Å². The summed E-state index contributed by atoms with van der Waals surface area (Å²) in [5.41, 5.74) is 1.26. The number of ether oxygens (including phenoxy) is 1. The van der Waals surface area contributed by atoms with Crippen molar-refractivity contribution in [2.45, 2.75) is 32.7 Å². The van der Waals surface area contributed by atoms with Crippen LogP contribution in [0.2, 0.25) is 0 Å². The molecular weight excluding hydrogens is 260 g/mol. The average molecular weight is 288 g/mol. The van der Waals surface area contributed by atoms with Crippen LogP contribution < -0.4 is 10.1 Å². The van der Waals surface area contributed by atoms with Gasteiger partial charge in [-0.3, -0.25) is 4.90 Å². The molecule has 1 aromatic rings. The zero-order chi connectivity index (χ0) is 14.5. The van der Waals surface area contributed by atoms with Crippen molar-refractivity contribution in [3.63, 3.8) is 0 Å². The van der Waals surface area contributed by atoms with Gasteiger partial charge in [-0.05, 0) is 37.3 Å². The third-order valence-corrected chi connectivity index (χ3v) is 5.01. The molecule has 2 fully saturated rings. The molecule has 2 aliphatic rings. The van der Waals surface area contributed by atoms with Crippen LogP contribution in [0.3, 0.4) is 0 Å². The first-order valence-electron chi connectivity index (χ1n) is 8.50. The van der Waals surface area contributed by atoms with Crippen molar-refractivity contribution >= 4 is 0 Å². The van der Waals surface area contributed by atoms with E-state index < -0.39 is 0 Å². The molecule has 0 spiro atoms. The molecule has 3 heteroatoms. The largest absolute Gasteiger partial charge is 0.492 e. The second kappa shape index (κ2) is 7.28. The minimum Gasteiger partial charge on any atom is -0.492 e. The number of nitrogens with one attached hydrogen (secondary N) is 1. The van der Waals surface area contributed by atoms with Crippen molar-refractivity contribution in [3.8, 4) is 5.75 Å². The van der Waals surface area contributed by atoms with Crippen molar-refractivity contribution in [1.82, 2.24) is 10.2 Å². The van der Waals surface area contributed by atoms with Gasteiger partial charge in [0.15, 0.2) is 0 Å². The normalized spacial score (nSPS) is 25.2. The van der Waals surface area contributed by atoms with E-state index in [-0.39, 0.29) is 0 Å². The van der Waals surface area contributed by atoms with Crippen molar-refractivity contribution in [1.29, 1.82) is 0 Å². The Hall–Kier alpha value is -1.06. The number of fused-ring (bicyclic) bond motifs is 1.